The van der Waals surface area contributed by atoms with E-state index in [-0.39, 0.29) is 0 Å². The van der Waals surface area contributed by atoms with Gasteiger partial charge in [0.2, 0.25) is 0 Å². The summed E-state index contributed by atoms with van der Waals surface area (Å²) >= 11 is -0.396. The predicted octanol–water partition coefficient (Wildman–Crippen LogP) is 4.80. The van der Waals surface area contributed by atoms with Crippen LogP contribution >= 0.6 is 22.6 Å². The van der Waals surface area contributed by atoms with Gasteiger partial charge in [0.15, 0.2) is 5.60 Å². The number of hydrogen-bond donors (Lipinski definition) is 1. The molecular weight excluding hydrogens is 507 g/mol. The molecule has 0 aliphatic carbocycles. The number of alkyl halides is 9. The highest BCUT2D eigenvalue weighted by Gasteiger charge is 2.80. The van der Waals surface area contributed by atoms with Crippen molar-refractivity contribution in [3.8, 4) is 0 Å². The summed E-state index contributed by atoms with van der Waals surface area (Å²) in [6.07, 6.45) is -2.57. The summed E-state index contributed by atoms with van der Waals surface area (Å²) in [5.41, 5.74) is -2.99. The van der Waals surface area contributed by atoms with E-state index in [9.17, 15) is 45.0 Å². The van der Waals surface area contributed by atoms with Crippen LogP contribution in [0.15, 0.2) is 30.3 Å². The number of carbonyl (C=O) groups excluding carboxylic acids is 1. The predicted molar refractivity (Wildman–Crippen MR) is 85.3 cm³/mol. The van der Waals surface area contributed by atoms with E-state index in [1.165, 1.54) is 24.3 Å². The lowest BCUT2D eigenvalue weighted by Crippen LogP contribution is -2.62. The van der Waals surface area contributed by atoms with Crippen LogP contribution < -0.4 is 0 Å². The second kappa shape index (κ2) is 7.68. The van der Waals surface area contributed by atoms with Crippen molar-refractivity contribution >= 4 is 28.6 Å². The molecule has 154 valence electrons. The molecule has 0 amide bonds. The quantitative estimate of drug-likeness (QED) is 0.232. The van der Waals surface area contributed by atoms with Crippen molar-refractivity contribution in [2.24, 2.45) is 0 Å². The molecule has 12 heteroatoms. The molecule has 1 unspecified atom stereocenters. The molecule has 3 nitrogen and oxygen atoms in total. The van der Waals surface area contributed by atoms with Gasteiger partial charge in [0, 0.05) is 22.6 Å². The Morgan fingerprint density at radius 1 is 1.00 bits per heavy atom. The van der Waals surface area contributed by atoms with E-state index in [2.05, 4.69) is 4.74 Å². The fraction of sp³-hybridized carbons (Fsp3) is 0.533. The van der Waals surface area contributed by atoms with Crippen LogP contribution in [0.4, 0.5) is 35.1 Å². The van der Waals surface area contributed by atoms with Gasteiger partial charge in [-0.15, -0.1) is 0 Å². The van der Waals surface area contributed by atoms with Gasteiger partial charge in [-0.25, -0.2) is 4.79 Å². The molecule has 1 N–H and O–H groups in total. The zero-order valence-corrected chi connectivity index (χ0v) is 15.6. The van der Waals surface area contributed by atoms with Crippen LogP contribution in [-0.4, -0.2) is 38.4 Å². The largest absolute Gasteiger partial charge is 0.459 e. The number of ether oxygens (including phenoxy) is 1. The third kappa shape index (κ3) is 5.00. The molecule has 0 bridgehead atoms. The molecular formula is C15H13F8IO3. The monoisotopic (exact) mass is 520 g/mol. The van der Waals surface area contributed by atoms with Crippen molar-refractivity contribution in [3.05, 3.63) is 35.9 Å². The van der Waals surface area contributed by atoms with E-state index in [4.69, 9.17) is 0 Å². The lowest BCUT2D eigenvalue weighted by molar-refractivity contribution is -0.348. The fourth-order valence-corrected chi connectivity index (χ4v) is 2.24. The average Bonchev–Trinajstić information content (AvgIpc) is 2.51. The number of hydrogen-bond acceptors (Lipinski definition) is 3. The summed E-state index contributed by atoms with van der Waals surface area (Å²) in [6.45, 7) is -0.204. The Morgan fingerprint density at radius 3 is 1.93 bits per heavy atom. The molecule has 0 heterocycles. The van der Waals surface area contributed by atoms with Gasteiger partial charge in [-0.3, -0.25) is 0 Å². The van der Waals surface area contributed by atoms with Gasteiger partial charge in [0.05, 0.1) is 6.42 Å². The van der Waals surface area contributed by atoms with E-state index < -0.39 is 68.9 Å². The molecule has 0 aromatic heterocycles. The molecule has 0 aliphatic heterocycles. The van der Waals surface area contributed by atoms with Gasteiger partial charge < -0.3 is 9.84 Å². The van der Waals surface area contributed by atoms with E-state index in [0.29, 0.717) is 12.5 Å². The molecule has 1 atom stereocenters. The number of esters is 1. The van der Waals surface area contributed by atoms with Crippen LogP contribution in [0.5, 0.6) is 0 Å². The number of aliphatic hydroxyl groups is 1. The Bertz CT molecular complexity index is 659. The Morgan fingerprint density at radius 2 is 1.48 bits per heavy atom. The SMILES string of the molecule is CC(O)(CC(F)(F)C(F)(F)C(F)(F)C(F)(F)I)C(=O)OCc1ccccc1. The van der Waals surface area contributed by atoms with E-state index >= 15 is 0 Å². The number of carbonyl (C=O) groups is 1. The normalized spacial score (nSPS) is 16.0. The zero-order chi connectivity index (χ0) is 21.3. The van der Waals surface area contributed by atoms with Crippen LogP contribution in [0, 0.1) is 0 Å². The van der Waals surface area contributed by atoms with Crippen LogP contribution in [-0.2, 0) is 16.1 Å². The zero-order valence-electron chi connectivity index (χ0n) is 13.5. The minimum absolute atomic E-state index is 0.324. The molecule has 0 radical (unpaired) electrons. The van der Waals surface area contributed by atoms with Crippen LogP contribution in [0.2, 0.25) is 0 Å². The first-order chi connectivity index (χ1) is 12.0. The molecule has 1 aromatic rings. The minimum atomic E-state index is -6.56. The second-order valence-electron chi connectivity index (χ2n) is 5.86. The van der Waals surface area contributed by atoms with Crippen molar-refractivity contribution in [1.29, 1.82) is 0 Å². The summed E-state index contributed by atoms with van der Waals surface area (Å²) in [5, 5.41) is 9.71. The van der Waals surface area contributed by atoms with Crippen molar-refractivity contribution < 1.29 is 49.8 Å². The molecule has 1 rings (SSSR count). The molecule has 27 heavy (non-hydrogen) atoms. The standard InChI is InChI=1S/C15H13F8IO3/c1-11(26,10(25)27-7-9-5-3-2-4-6-9)8-12(16,17)13(18,19)14(20,21)15(22,23)24/h2-6,26H,7-8H2,1H3. The van der Waals surface area contributed by atoms with Gasteiger partial charge >= 0.3 is 27.7 Å². The summed E-state index contributed by atoms with van der Waals surface area (Å²) < 4.78 is 105. The first kappa shape index (κ1) is 23.9. The highest BCUT2D eigenvalue weighted by atomic mass is 127. The van der Waals surface area contributed by atoms with Crippen molar-refractivity contribution in [2.75, 3.05) is 0 Å². The molecule has 0 saturated carbocycles. The summed E-state index contributed by atoms with van der Waals surface area (Å²) in [6, 6.07) is 7.57. The Hall–Kier alpha value is -1.18. The van der Waals surface area contributed by atoms with Crippen molar-refractivity contribution in [2.45, 2.75) is 47.2 Å². The van der Waals surface area contributed by atoms with Crippen molar-refractivity contribution in [1.82, 2.24) is 0 Å². The third-order valence-electron chi connectivity index (χ3n) is 3.43. The van der Waals surface area contributed by atoms with E-state index in [1.54, 1.807) is 6.07 Å². The third-order valence-corrected chi connectivity index (χ3v) is 4.11. The average molecular weight is 520 g/mol. The molecule has 0 saturated heterocycles. The fourth-order valence-electron chi connectivity index (χ4n) is 1.90. The Balaban J connectivity index is 2.96. The Labute approximate surface area is 161 Å². The maximum atomic E-state index is 13.7. The van der Waals surface area contributed by atoms with Gasteiger partial charge in [-0.2, -0.15) is 35.1 Å². The topological polar surface area (TPSA) is 46.5 Å². The van der Waals surface area contributed by atoms with Gasteiger partial charge in [-0.05, 0) is 12.5 Å². The minimum Gasteiger partial charge on any atom is -0.459 e. The summed E-state index contributed by atoms with van der Waals surface area (Å²) in [5.74, 6) is -20.7. The number of benzene rings is 1. The Kier molecular flexibility index (Phi) is 6.79. The van der Waals surface area contributed by atoms with Crippen LogP contribution in [0.3, 0.4) is 0 Å². The number of rotatable bonds is 8. The highest BCUT2D eigenvalue weighted by molar-refractivity contribution is 14.1. The van der Waals surface area contributed by atoms with Crippen LogP contribution in [0.1, 0.15) is 18.9 Å². The summed E-state index contributed by atoms with van der Waals surface area (Å²) in [4.78, 5) is 11.7. The highest BCUT2D eigenvalue weighted by Crippen LogP contribution is 2.56. The molecule has 0 aliphatic rings. The van der Waals surface area contributed by atoms with Gasteiger partial charge in [0.1, 0.15) is 6.61 Å². The maximum absolute atomic E-state index is 13.7. The van der Waals surface area contributed by atoms with Gasteiger partial charge in [0.25, 0.3) is 0 Å². The number of halogens is 9. The maximum Gasteiger partial charge on any atom is 0.387 e. The molecule has 0 fully saturated rings. The van der Waals surface area contributed by atoms with Gasteiger partial charge in [-0.1, -0.05) is 30.3 Å². The first-order valence-electron chi connectivity index (χ1n) is 7.09. The second-order valence-corrected chi connectivity index (χ2v) is 7.22. The van der Waals surface area contributed by atoms with Crippen molar-refractivity contribution in [3.63, 3.8) is 0 Å². The summed E-state index contributed by atoms with van der Waals surface area (Å²) in [7, 11) is 0. The smallest absolute Gasteiger partial charge is 0.387 e. The lowest BCUT2D eigenvalue weighted by Gasteiger charge is -2.37. The lowest BCUT2D eigenvalue weighted by atomic mass is 9.91. The van der Waals surface area contributed by atoms with E-state index in [1.807, 2.05) is 0 Å². The van der Waals surface area contributed by atoms with E-state index in [0.717, 1.165) is 0 Å². The first-order valence-corrected chi connectivity index (χ1v) is 8.17. The molecule has 1 aromatic carbocycles. The van der Waals surface area contributed by atoms with Crippen LogP contribution in [0.25, 0.3) is 0 Å². The molecule has 0 spiro atoms.